The zero-order valence-electron chi connectivity index (χ0n) is 11.7. The van der Waals surface area contributed by atoms with Crippen LogP contribution in [0.2, 0.25) is 0 Å². The maximum Gasteiger partial charge on any atom is 0.373 e. The van der Waals surface area contributed by atoms with E-state index in [4.69, 9.17) is 4.42 Å². The Hall–Kier alpha value is -3.32. The fourth-order valence-corrected chi connectivity index (χ4v) is 2.02. The number of carbonyl (C=O) groups is 1. The van der Waals surface area contributed by atoms with Gasteiger partial charge < -0.3 is 9.52 Å². The van der Waals surface area contributed by atoms with Gasteiger partial charge in [-0.25, -0.2) is 5.43 Å². The fraction of sp³-hybridized carbons (Fsp3) is 0.154. The van der Waals surface area contributed by atoms with Crippen LogP contribution < -0.4 is 10.9 Å². The highest BCUT2D eigenvalue weighted by Crippen LogP contribution is 2.16. The van der Waals surface area contributed by atoms with E-state index in [1.165, 1.54) is 17.5 Å². The number of aliphatic hydroxyl groups excluding tert-OH is 1. The van der Waals surface area contributed by atoms with Crippen molar-refractivity contribution in [2.45, 2.75) is 6.92 Å². The Kier molecular flexibility index (Phi) is 3.47. The highest BCUT2D eigenvalue weighted by Gasteiger charge is 2.36. The molecule has 0 fully saturated rings. The molecule has 0 unspecified atom stereocenters. The predicted octanol–water partition coefficient (Wildman–Crippen LogP) is -0.104. The molecule has 3 heterocycles. The number of hydrogen-bond donors (Lipinski definition) is 3. The monoisotopic (exact) mass is 302 g/mol. The fourth-order valence-electron chi connectivity index (χ4n) is 2.02. The molecule has 3 rings (SSSR count). The van der Waals surface area contributed by atoms with Crippen LogP contribution in [0.5, 0.6) is 0 Å². The number of nitrogens with zero attached hydrogens (tertiary/aromatic N) is 4. The van der Waals surface area contributed by atoms with Gasteiger partial charge in [0, 0.05) is 11.8 Å². The molecular weight excluding hydrogens is 288 g/mol. The van der Waals surface area contributed by atoms with E-state index >= 15 is 0 Å². The van der Waals surface area contributed by atoms with Crippen molar-refractivity contribution in [3.05, 3.63) is 47.5 Å². The molecule has 0 bridgehead atoms. The highest BCUT2D eigenvalue weighted by molar-refractivity contribution is 5.79. The van der Waals surface area contributed by atoms with Crippen molar-refractivity contribution in [2.24, 2.45) is 5.11 Å². The molecule has 1 amide bonds. The number of hydrazone groups is 1. The summed E-state index contributed by atoms with van der Waals surface area (Å²) in [4.78, 5) is 15.5. The molecule has 9 heteroatoms. The van der Waals surface area contributed by atoms with Gasteiger partial charge in [0.25, 0.3) is 0 Å². The van der Waals surface area contributed by atoms with E-state index in [9.17, 15) is 9.90 Å². The standard InChI is InChI=1S/C13H12N6O3/c1-9-5-11(20)13-18(15-8-19(13)17-9)7-12(21)16-14-6-10-3-2-4-22-10/h2-6,8,17H,7H2,1H3/p+2. The number of rotatable bonds is 3. The molecule has 0 atom stereocenters. The van der Waals surface area contributed by atoms with Crippen molar-refractivity contribution < 1.29 is 23.8 Å². The summed E-state index contributed by atoms with van der Waals surface area (Å²) in [5, 5.41) is 15.0. The molecule has 3 N–H and O–H groups in total. The van der Waals surface area contributed by atoms with E-state index in [-0.39, 0.29) is 12.3 Å². The van der Waals surface area contributed by atoms with Crippen LogP contribution in [0.1, 0.15) is 12.7 Å². The van der Waals surface area contributed by atoms with Gasteiger partial charge in [-0.3, -0.25) is 4.79 Å². The molecule has 22 heavy (non-hydrogen) atoms. The smallest absolute Gasteiger partial charge is 0.373 e. The molecule has 0 aromatic carbocycles. The van der Waals surface area contributed by atoms with Crippen molar-refractivity contribution in [3.63, 3.8) is 0 Å². The van der Waals surface area contributed by atoms with Crippen molar-refractivity contribution in [1.29, 1.82) is 0 Å². The van der Waals surface area contributed by atoms with Crippen LogP contribution in [0, 0.1) is 0 Å². The van der Waals surface area contributed by atoms with Crippen LogP contribution in [0.15, 0.2) is 51.3 Å². The Morgan fingerprint density at radius 1 is 1.64 bits per heavy atom. The van der Waals surface area contributed by atoms with E-state index in [0.717, 1.165) is 5.70 Å². The van der Waals surface area contributed by atoms with Crippen LogP contribution in [0.3, 0.4) is 0 Å². The predicted molar refractivity (Wildman–Crippen MR) is 74.3 cm³/mol. The summed E-state index contributed by atoms with van der Waals surface area (Å²) in [6.45, 7) is 1.73. The van der Waals surface area contributed by atoms with Crippen LogP contribution in [-0.2, 0) is 4.79 Å². The third-order valence-corrected chi connectivity index (χ3v) is 2.90. The van der Waals surface area contributed by atoms with Gasteiger partial charge in [-0.15, -0.1) is 9.69 Å². The molecule has 1 aromatic heterocycles. The summed E-state index contributed by atoms with van der Waals surface area (Å²) in [6, 6.07) is 3.41. The highest BCUT2D eigenvalue weighted by atomic mass is 16.3. The first-order chi connectivity index (χ1) is 10.6. The van der Waals surface area contributed by atoms with Crippen LogP contribution >= 0.6 is 0 Å². The molecule has 0 radical (unpaired) electrons. The molecule has 0 saturated heterocycles. The average Bonchev–Trinajstić information content (AvgIpc) is 3.09. The Morgan fingerprint density at radius 2 is 2.50 bits per heavy atom. The molecular formula is C13H14N6O3+2. The van der Waals surface area contributed by atoms with Gasteiger partial charge in [-0.05, 0) is 19.1 Å². The Labute approximate surface area is 125 Å². The lowest BCUT2D eigenvalue weighted by Crippen LogP contribution is -2.38. The first-order valence-corrected chi connectivity index (χ1v) is 6.48. The van der Waals surface area contributed by atoms with E-state index in [1.54, 1.807) is 29.2 Å². The minimum Gasteiger partial charge on any atom is -0.502 e. The van der Waals surface area contributed by atoms with Gasteiger partial charge in [-0.2, -0.15) is 5.43 Å². The van der Waals surface area contributed by atoms with Gasteiger partial charge in [0.05, 0.1) is 11.1 Å². The number of hydrazine groups is 2. The number of nitrogens with one attached hydrogen (secondary N) is 2. The molecule has 0 aliphatic carbocycles. The third-order valence-electron chi connectivity index (χ3n) is 2.90. The third kappa shape index (κ3) is 2.74. The second-order valence-electron chi connectivity index (χ2n) is 4.62. The maximum atomic E-state index is 11.8. The number of carbonyl (C=O) groups excluding carboxylic acids is 1. The van der Waals surface area contributed by atoms with Crippen LogP contribution in [0.25, 0.3) is 0 Å². The number of hydrogen-bond acceptors (Lipinski definition) is 6. The maximum absolute atomic E-state index is 11.8. The minimum atomic E-state index is -0.475. The summed E-state index contributed by atoms with van der Waals surface area (Å²) < 4.78 is 6.61. The number of furan rings is 1. The Balaban J connectivity index is 1.68. The number of fused-ring (bicyclic) bond motifs is 1. The molecule has 0 spiro atoms. The summed E-state index contributed by atoms with van der Waals surface area (Å²) in [5.74, 6) is 0.499. The summed E-state index contributed by atoms with van der Waals surface area (Å²) in [7, 11) is 0. The lowest BCUT2D eigenvalue weighted by atomic mass is 10.3. The molecule has 0 saturated carbocycles. The van der Waals surface area contributed by atoms with Crippen molar-refractivity contribution >= 4 is 18.5 Å². The van der Waals surface area contributed by atoms with Crippen LogP contribution in [-0.4, -0.2) is 44.6 Å². The van der Waals surface area contributed by atoms with Gasteiger partial charge in [0.2, 0.25) is 12.1 Å². The number of aliphatic hydroxyl groups is 1. The van der Waals surface area contributed by atoms with E-state index in [1.807, 2.05) is 6.92 Å². The first kappa shape index (κ1) is 13.7. The van der Waals surface area contributed by atoms with Crippen molar-refractivity contribution in [3.8, 4) is 0 Å². The largest absolute Gasteiger partial charge is 0.502 e. The average molecular weight is 302 g/mol. The van der Waals surface area contributed by atoms with E-state index in [2.05, 4.69) is 20.8 Å². The molecule has 9 nitrogen and oxygen atoms in total. The normalized spacial score (nSPS) is 16.0. The molecule has 2 aliphatic rings. The summed E-state index contributed by atoms with van der Waals surface area (Å²) >= 11 is 0. The van der Waals surface area contributed by atoms with Gasteiger partial charge in [-0.1, -0.05) is 0 Å². The van der Waals surface area contributed by atoms with Gasteiger partial charge in [0.1, 0.15) is 0 Å². The zero-order valence-corrected chi connectivity index (χ0v) is 11.7. The summed E-state index contributed by atoms with van der Waals surface area (Å²) in [6.07, 6.45) is 6.00. The topological polar surface area (TPSA) is 107 Å². The molecule has 1 aromatic rings. The zero-order chi connectivity index (χ0) is 15.5. The summed E-state index contributed by atoms with van der Waals surface area (Å²) in [5.41, 5.74) is 6.64. The van der Waals surface area contributed by atoms with Gasteiger partial charge in [0.15, 0.2) is 17.4 Å². The lowest BCUT2D eigenvalue weighted by molar-refractivity contribution is -0.537. The Bertz CT molecular complexity index is 753. The number of amides is 1. The minimum absolute atomic E-state index is 0.0457. The first-order valence-electron chi connectivity index (χ1n) is 6.48. The van der Waals surface area contributed by atoms with Crippen molar-refractivity contribution in [2.75, 3.05) is 6.54 Å². The number of allylic oxidation sites excluding steroid dienone is 2. The van der Waals surface area contributed by atoms with E-state index < -0.39 is 5.91 Å². The Morgan fingerprint density at radius 3 is 3.27 bits per heavy atom. The van der Waals surface area contributed by atoms with E-state index in [0.29, 0.717) is 11.6 Å². The molecule has 2 aliphatic heterocycles. The SMILES string of the molecule is CC1=CC(O)=C2N(CC(=O)N=[N+]=Cc3ccco3)NC=[N+]2N1. The van der Waals surface area contributed by atoms with Crippen LogP contribution in [0.4, 0.5) is 0 Å². The van der Waals surface area contributed by atoms with Gasteiger partial charge >= 0.3 is 17.9 Å². The second-order valence-corrected chi connectivity index (χ2v) is 4.62. The second kappa shape index (κ2) is 5.58. The molecule has 112 valence electrons. The quantitative estimate of drug-likeness (QED) is 0.311. The lowest BCUT2D eigenvalue weighted by Gasteiger charge is -2.16. The van der Waals surface area contributed by atoms with Crippen molar-refractivity contribution in [1.82, 2.24) is 15.9 Å².